The number of hydrogen-bond donors (Lipinski definition) is 3. The summed E-state index contributed by atoms with van der Waals surface area (Å²) in [6.07, 6.45) is 0.487. The van der Waals surface area contributed by atoms with Gasteiger partial charge in [-0.05, 0) is 43.7 Å². The molecule has 3 N–H and O–H groups in total. The molecule has 0 aromatic heterocycles. The Morgan fingerprint density at radius 3 is 2.45 bits per heavy atom. The van der Waals surface area contributed by atoms with Gasteiger partial charge in [0, 0.05) is 18.6 Å². The number of hydrogen-bond acceptors (Lipinski definition) is 4. The van der Waals surface area contributed by atoms with Gasteiger partial charge in [-0.2, -0.15) is 0 Å². The van der Waals surface area contributed by atoms with Crippen LogP contribution in [-0.4, -0.2) is 41.2 Å². The minimum Gasteiger partial charge on any atom is -0.481 e. The quantitative estimate of drug-likeness (QED) is 0.468. The van der Waals surface area contributed by atoms with Crippen LogP contribution in [0.25, 0.3) is 0 Å². The first-order valence-electron chi connectivity index (χ1n) is 6.40. The fraction of sp³-hybridized carbons (Fsp3) is 0.429. The molecule has 0 amide bonds. The number of carbonyl (C=O) groups excluding carboxylic acids is 1. The van der Waals surface area contributed by atoms with Crippen molar-refractivity contribution in [3.05, 3.63) is 35.6 Å². The van der Waals surface area contributed by atoms with E-state index in [0.717, 1.165) is 0 Å². The van der Waals surface area contributed by atoms with E-state index in [4.69, 9.17) is 10.2 Å². The van der Waals surface area contributed by atoms with Gasteiger partial charge in [-0.25, -0.2) is 4.39 Å². The molecule has 1 atom stereocenters. The van der Waals surface area contributed by atoms with Gasteiger partial charge in [0.2, 0.25) is 0 Å². The van der Waals surface area contributed by atoms with E-state index in [1.807, 2.05) is 0 Å². The average molecular weight is 283 g/mol. The van der Waals surface area contributed by atoms with Crippen LogP contribution in [0.3, 0.4) is 0 Å². The summed E-state index contributed by atoms with van der Waals surface area (Å²) in [6, 6.07) is 4.48. The molecule has 0 bridgehead atoms. The SMILES string of the molecule is O=C(O)CCC(NCCCO)C(=O)c1ccc(F)cc1. The van der Waals surface area contributed by atoms with Crippen molar-refractivity contribution in [1.82, 2.24) is 5.32 Å². The average Bonchev–Trinajstić information content (AvgIpc) is 2.42. The summed E-state index contributed by atoms with van der Waals surface area (Å²) in [5, 5.41) is 20.3. The first kappa shape index (κ1) is 16.3. The highest BCUT2D eigenvalue weighted by molar-refractivity contribution is 6.00. The van der Waals surface area contributed by atoms with E-state index in [1.165, 1.54) is 24.3 Å². The van der Waals surface area contributed by atoms with Crippen molar-refractivity contribution in [3.8, 4) is 0 Å². The van der Waals surface area contributed by atoms with E-state index in [1.54, 1.807) is 0 Å². The molecule has 0 aliphatic heterocycles. The Labute approximate surface area is 116 Å². The van der Waals surface area contributed by atoms with Crippen LogP contribution >= 0.6 is 0 Å². The molecule has 0 saturated heterocycles. The Bertz CT molecular complexity index is 447. The number of carboxylic acids is 1. The minimum atomic E-state index is -0.981. The Kier molecular flexibility index (Phi) is 6.83. The first-order valence-corrected chi connectivity index (χ1v) is 6.40. The molecule has 0 heterocycles. The maximum Gasteiger partial charge on any atom is 0.303 e. The Hall–Kier alpha value is -1.79. The lowest BCUT2D eigenvalue weighted by molar-refractivity contribution is -0.137. The van der Waals surface area contributed by atoms with Gasteiger partial charge in [0.1, 0.15) is 5.82 Å². The number of Topliss-reactive ketones (excluding diaryl/α,β-unsaturated/α-hetero) is 1. The van der Waals surface area contributed by atoms with Crippen LogP contribution in [0.15, 0.2) is 24.3 Å². The molecule has 5 nitrogen and oxygen atoms in total. The molecule has 0 fully saturated rings. The topological polar surface area (TPSA) is 86.6 Å². The van der Waals surface area contributed by atoms with Crippen LogP contribution in [0.2, 0.25) is 0 Å². The highest BCUT2D eigenvalue weighted by atomic mass is 19.1. The summed E-state index contributed by atoms with van der Waals surface area (Å²) in [7, 11) is 0. The highest BCUT2D eigenvalue weighted by Gasteiger charge is 2.20. The molecular weight excluding hydrogens is 265 g/mol. The van der Waals surface area contributed by atoms with Gasteiger partial charge < -0.3 is 15.5 Å². The zero-order valence-corrected chi connectivity index (χ0v) is 11.0. The molecule has 0 aliphatic carbocycles. The third kappa shape index (κ3) is 5.46. The highest BCUT2D eigenvalue weighted by Crippen LogP contribution is 2.10. The Morgan fingerprint density at radius 1 is 1.25 bits per heavy atom. The minimum absolute atomic E-state index is 0.0105. The molecule has 110 valence electrons. The fourth-order valence-corrected chi connectivity index (χ4v) is 1.76. The molecule has 1 rings (SSSR count). The van der Waals surface area contributed by atoms with Crippen LogP contribution in [0.4, 0.5) is 4.39 Å². The molecule has 0 aliphatic rings. The summed E-state index contributed by atoms with van der Waals surface area (Å²) in [6.45, 7) is 0.400. The maximum atomic E-state index is 12.8. The molecule has 0 saturated carbocycles. The van der Waals surface area contributed by atoms with Crippen LogP contribution in [0.1, 0.15) is 29.6 Å². The van der Waals surface area contributed by atoms with Gasteiger partial charge in [-0.1, -0.05) is 0 Å². The number of aliphatic hydroxyl groups is 1. The largest absolute Gasteiger partial charge is 0.481 e. The molecule has 1 unspecified atom stereocenters. The maximum absolute atomic E-state index is 12.8. The molecular formula is C14H18FNO4. The van der Waals surface area contributed by atoms with Gasteiger partial charge in [0.05, 0.1) is 6.04 Å². The zero-order chi connectivity index (χ0) is 15.0. The number of carbonyl (C=O) groups is 2. The fourth-order valence-electron chi connectivity index (χ4n) is 1.76. The van der Waals surface area contributed by atoms with Gasteiger partial charge in [0.25, 0.3) is 0 Å². The third-order valence-corrected chi connectivity index (χ3v) is 2.82. The number of aliphatic carboxylic acids is 1. The molecule has 0 radical (unpaired) electrons. The van der Waals surface area contributed by atoms with Crippen molar-refractivity contribution in [2.45, 2.75) is 25.3 Å². The lowest BCUT2D eigenvalue weighted by atomic mass is 10.00. The number of aliphatic hydroxyl groups excluding tert-OH is 1. The lowest BCUT2D eigenvalue weighted by Gasteiger charge is -2.16. The molecule has 1 aromatic rings. The zero-order valence-electron chi connectivity index (χ0n) is 11.0. The smallest absolute Gasteiger partial charge is 0.303 e. The number of ketones is 1. The number of nitrogens with one attached hydrogen (secondary N) is 1. The van der Waals surface area contributed by atoms with Crippen molar-refractivity contribution >= 4 is 11.8 Å². The summed E-state index contributed by atoms with van der Waals surface area (Å²) in [4.78, 5) is 22.8. The van der Waals surface area contributed by atoms with Crippen molar-refractivity contribution in [2.24, 2.45) is 0 Å². The Morgan fingerprint density at radius 2 is 1.90 bits per heavy atom. The predicted octanol–water partition coefficient (Wildman–Crippen LogP) is 1.21. The van der Waals surface area contributed by atoms with Crippen LogP contribution in [0.5, 0.6) is 0 Å². The number of benzene rings is 1. The van der Waals surface area contributed by atoms with Crippen molar-refractivity contribution < 1.29 is 24.2 Å². The van der Waals surface area contributed by atoms with Crippen LogP contribution in [-0.2, 0) is 4.79 Å². The van der Waals surface area contributed by atoms with Gasteiger partial charge >= 0.3 is 5.97 Å². The lowest BCUT2D eigenvalue weighted by Crippen LogP contribution is -2.38. The monoisotopic (exact) mass is 283 g/mol. The second-order valence-electron chi connectivity index (χ2n) is 4.39. The van der Waals surface area contributed by atoms with Crippen molar-refractivity contribution in [3.63, 3.8) is 0 Å². The van der Waals surface area contributed by atoms with E-state index in [2.05, 4.69) is 5.32 Å². The Balaban J connectivity index is 2.71. The van der Waals surface area contributed by atoms with Crippen LogP contribution in [0, 0.1) is 5.82 Å². The number of carboxylic acid groups (broad SMARTS) is 1. The number of halogens is 1. The summed E-state index contributed by atoms with van der Waals surface area (Å²) < 4.78 is 12.8. The second kappa shape index (κ2) is 8.39. The second-order valence-corrected chi connectivity index (χ2v) is 4.39. The van der Waals surface area contributed by atoms with E-state index in [0.29, 0.717) is 18.5 Å². The predicted molar refractivity (Wildman–Crippen MR) is 71.1 cm³/mol. The molecule has 1 aromatic carbocycles. The summed E-state index contributed by atoms with van der Waals surface area (Å²) in [5.74, 6) is -1.69. The summed E-state index contributed by atoms with van der Waals surface area (Å²) in [5.41, 5.74) is 0.332. The molecule has 0 spiro atoms. The standard InChI is InChI=1S/C14H18FNO4/c15-11-4-2-10(3-5-11)14(20)12(6-7-13(18)19)16-8-1-9-17/h2-5,12,16-17H,1,6-9H2,(H,18,19). The third-order valence-electron chi connectivity index (χ3n) is 2.82. The van der Waals surface area contributed by atoms with Crippen LogP contribution < -0.4 is 5.32 Å². The van der Waals surface area contributed by atoms with E-state index in [-0.39, 0.29) is 25.2 Å². The van der Waals surface area contributed by atoms with Crippen molar-refractivity contribution in [1.29, 1.82) is 0 Å². The van der Waals surface area contributed by atoms with Gasteiger partial charge in [-0.15, -0.1) is 0 Å². The van der Waals surface area contributed by atoms with Gasteiger partial charge in [0.15, 0.2) is 5.78 Å². The van der Waals surface area contributed by atoms with Crippen molar-refractivity contribution in [2.75, 3.05) is 13.2 Å². The number of rotatable bonds is 9. The normalized spacial score (nSPS) is 12.1. The molecule has 6 heteroatoms. The van der Waals surface area contributed by atoms with E-state index >= 15 is 0 Å². The summed E-state index contributed by atoms with van der Waals surface area (Å²) >= 11 is 0. The van der Waals surface area contributed by atoms with E-state index < -0.39 is 17.8 Å². The first-order chi connectivity index (χ1) is 9.54. The molecule has 20 heavy (non-hydrogen) atoms. The van der Waals surface area contributed by atoms with E-state index in [9.17, 15) is 14.0 Å². The van der Waals surface area contributed by atoms with Gasteiger partial charge in [-0.3, -0.25) is 9.59 Å².